The Morgan fingerprint density at radius 3 is 2.65 bits per heavy atom. The molecule has 182 valence electrons. The van der Waals surface area contributed by atoms with Gasteiger partial charge < -0.3 is 14.6 Å². The number of nitrogens with zero attached hydrogens (tertiary/aromatic N) is 4. The van der Waals surface area contributed by atoms with Crippen LogP contribution in [-0.2, 0) is 21.7 Å². The fourth-order valence-electron chi connectivity index (χ4n) is 3.51. The van der Waals surface area contributed by atoms with Crippen LogP contribution in [0.5, 0.6) is 5.75 Å². The third-order valence-corrected chi connectivity index (χ3v) is 5.62. The number of hydrogen-bond acceptors (Lipinski definition) is 7. The molecule has 8 nitrogen and oxygen atoms in total. The first kappa shape index (κ1) is 25.7. The third-order valence-electron chi connectivity index (χ3n) is 5.09. The number of methoxy groups -OCH3 is 1. The van der Waals surface area contributed by atoms with Gasteiger partial charge >= 0.3 is 5.97 Å². The maximum Gasteiger partial charge on any atom is 0.319 e. The first-order chi connectivity index (χ1) is 16.3. The number of carbonyl (C=O) groups excluding carboxylic acids is 1. The zero-order valence-electron chi connectivity index (χ0n) is 18.5. The highest BCUT2D eigenvalue weighted by molar-refractivity contribution is 9.10. The SMILES string of the molecule is COC(=O)CN(CCCOc1ccc(Br)cc1)CC(O)(Cn1cncn1)c1ccc(F)cc1F. The summed E-state index contributed by atoms with van der Waals surface area (Å²) in [5, 5.41) is 15.6. The van der Waals surface area contributed by atoms with E-state index in [2.05, 4.69) is 26.0 Å². The van der Waals surface area contributed by atoms with Gasteiger partial charge in [0, 0.05) is 29.2 Å². The van der Waals surface area contributed by atoms with Crippen LogP contribution >= 0.6 is 15.9 Å². The minimum atomic E-state index is -1.84. The van der Waals surface area contributed by atoms with E-state index in [0.717, 1.165) is 10.5 Å². The first-order valence-corrected chi connectivity index (χ1v) is 11.3. The summed E-state index contributed by atoms with van der Waals surface area (Å²) in [6.45, 7) is 0.239. The standard InChI is InChI=1S/C23H25BrF2N4O4/c1-33-22(31)12-29(9-2-10-34-19-6-3-17(24)4-7-19)13-23(32,14-30-16-27-15-28-30)20-8-5-18(25)11-21(20)26/h3-8,11,15-16,32H,2,9-10,12-14H2,1H3. The van der Waals surface area contributed by atoms with E-state index in [1.54, 1.807) is 4.90 Å². The van der Waals surface area contributed by atoms with Gasteiger partial charge in [-0.2, -0.15) is 5.10 Å². The molecule has 1 atom stereocenters. The minimum absolute atomic E-state index is 0.120. The van der Waals surface area contributed by atoms with Gasteiger partial charge in [-0.25, -0.2) is 18.4 Å². The lowest BCUT2D eigenvalue weighted by atomic mass is 9.92. The number of ether oxygens (including phenoxy) is 2. The summed E-state index contributed by atoms with van der Waals surface area (Å²) >= 11 is 3.37. The molecule has 3 rings (SSSR count). The summed E-state index contributed by atoms with van der Waals surface area (Å²) < 4.78 is 41.0. The van der Waals surface area contributed by atoms with Crippen LogP contribution in [0.1, 0.15) is 12.0 Å². The molecule has 0 saturated heterocycles. The summed E-state index contributed by atoms with van der Waals surface area (Å²) in [4.78, 5) is 17.5. The molecule has 0 aliphatic heterocycles. The molecule has 0 aliphatic rings. The van der Waals surface area contributed by atoms with E-state index in [-0.39, 0.29) is 25.2 Å². The molecule has 0 amide bonds. The lowest BCUT2D eigenvalue weighted by Crippen LogP contribution is -2.47. The smallest absolute Gasteiger partial charge is 0.319 e. The normalized spacial score (nSPS) is 13.0. The van der Waals surface area contributed by atoms with Crippen LogP contribution in [0.3, 0.4) is 0 Å². The Morgan fingerprint density at radius 2 is 2.00 bits per heavy atom. The van der Waals surface area contributed by atoms with Crippen LogP contribution in [0, 0.1) is 11.6 Å². The molecule has 0 spiro atoms. The molecule has 3 aromatic rings. The molecule has 1 unspecified atom stereocenters. The number of esters is 1. The second-order valence-corrected chi connectivity index (χ2v) is 8.61. The number of rotatable bonds is 12. The highest BCUT2D eigenvalue weighted by Gasteiger charge is 2.36. The van der Waals surface area contributed by atoms with Gasteiger partial charge in [-0.15, -0.1) is 0 Å². The summed E-state index contributed by atoms with van der Waals surface area (Å²) in [6.07, 6.45) is 3.18. The third kappa shape index (κ3) is 7.31. The fourth-order valence-corrected chi connectivity index (χ4v) is 3.77. The number of aliphatic hydroxyl groups is 1. The van der Waals surface area contributed by atoms with E-state index in [0.29, 0.717) is 31.4 Å². The second-order valence-electron chi connectivity index (χ2n) is 7.69. The lowest BCUT2D eigenvalue weighted by molar-refractivity contribution is -0.143. The first-order valence-electron chi connectivity index (χ1n) is 10.5. The van der Waals surface area contributed by atoms with Crippen LogP contribution in [0.15, 0.2) is 59.6 Å². The Kier molecular flexibility index (Phi) is 9.08. The van der Waals surface area contributed by atoms with Crippen LogP contribution in [-0.4, -0.2) is 64.1 Å². The maximum atomic E-state index is 14.7. The molecule has 1 N–H and O–H groups in total. The number of halogens is 3. The van der Waals surface area contributed by atoms with Gasteiger partial charge in [0.25, 0.3) is 0 Å². The van der Waals surface area contributed by atoms with E-state index >= 15 is 0 Å². The fraction of sp³-hybridized carbons (Fsp3) is 0.348. The lowest BCUT2D eigenvalue weighted by Gasteiger charge is -2.34. The predicted molar refractivity (Wildman–Crippen MR) is 123 cm³/mol. The summed E-state index contributed by atoms with van der Waals surface area (Å²) in [7, 11) is 1.26. The minimum Gasteiger partial charge on any atom is -0.494 e. The maximum absolute atomic E-state index is 14.7. The number of hydrogen-bond donors (Lipinski definition) is 1. The Labute approximate surface area is 204 Å². The van der Waals surface area contributed by atoms with Crippen molar-refractivity contribution in [2.45, 2.75) is 18.6 Å². The molecule has 11 heteroatoms. The molecule has 0 bridgehead atoms. The van der Waals surface area contributed by atoms with Crippen LogP contribution in [0.2, 0.25) is 0 Å². The zero-order chi connectivity index (χ0) is 24.6. The van der Waals surface area contributed by atoms with Crippen molar-refractivity contribution in [1.29, 1.82) is 0 Å². The van der Waals surface area contributed by atoms with Crippen molar-refractivity contribution in [3.63, 3.8) is 0 Å². The quantitative estimate of drug-likeness (QED) is 0.280. The van der Waals surface area contributed by atoms with E-state index in [1.807, 2.05) is 24.3 Å². The molecular formula is C23H25BrF2N4O4. The van der Waals surface area contributed by atoms with Gasteiger partial charge in [0.1, 0.15) is 35.6 Å². The van der Waals surface area contributed by atoms with Crippen molar-refractivity contribution in [3.8, 4) is 5.75 Å². The zero-order valence-corrected chi connectivity index (χ0v) is 20.1. The van der Waals surface area contributed by atoms with Crippen molar-refractivity contribution in [3.05, 3.63) is 76.8 Å². The van der Waals surface area contributed by atoms with Crippen molar-refractivity contribution >= 4 is 21.9 Å². The highest BCUT2D eigenvalue weighted by Crippen LogP contribution is 2.28. The summed E-state index contributed by atoms with van der Waals surface area (Å²) in [5.74, 6) is -1.49. The van der Waals surface area contributed by atoms with Crippen LogP contribution in [0.25, 0.3) is 0 Å². The van der Waals surface area contributed by atoms with Crippen molar-refractivity contribution in [2.24, 2.45) is 0 Å². The molecule has 1 heterocycles. The largest absolute Gasteiger partial charge is 0.494 e. The van der Waals surface area contributed by atoms with Gasteiger partial charge in [0.05, 0.1) is 26.8 Å². The Morgan fingerprint density at radius 1 is 1.24 bits per heavy atom. The van der Waals surface area contributed by atoms with Crippen molar-refractivity contribution < 1.29 is 28.2 Å². The van der Waals surface area contributed by atoms with E-state index in [9.17, 15) is 18.7 Å². The van der Waals surface area contributed by atoms with E-state index < -0.39 is 23.2 Å². The van der Waals surface area contributed by atoms with Crippen LogP contribution in [0.4, 0.5) is 8.78 Å². The topological polar surface area (TPSA) is 89.7 Å². The molecule has 0 saturated carbocycles. The second kappa shape index (κ2) is 12.0. The molecular weight excluding hydrogens is 514 g/mol. The average molecular weight is 539 g/mol. The van der Waals surface area contributed by atoms with Gasteiger partial charge in [0.15, 0.2) is 0 Å². The summed E-state index contributed by atoms with van der Waals surface area (Å²) in [6, 6.07) is 10.3. The number of benzene rings is 2. The van der Waals surface area contributed by atoms with Crippen molar-refractivity contribution in [1.82, 2.24) is 19.7 Å². The molecule has 0 fully saturated rings. The highest BCUT2D eigenvalue weighted by atomic mass is 79.9. The predicted octanol–water partition coefficient (Wildman–Crippen LogP) is 3.15. The number of carbonyl (C=O) groups is 1. The molecule has 0 aliphatic carbocycles. The van der Waals surface area contributed by atoms with Crippen molar-refractivity contribution in [2.75, 3.05) is 33.4 Å². The van der Waals surface area contributed by atoms with E-state index in [1.165, 1.54) is 30.5 Å². The molecule has 2 aromatic carbocycles. The average Bonchev–Trinajstić information content (AvgIpc) is 3.30. The Bertz CT molecular complexity index is 1070. The monoisotopic (exact) mass is 538 g/mol. The van der Waals surface area contributed by atoms with E-state index in [4.69, 9.17) is 9.47 Å². The van der Waals surface area contributed by atoms with Gasteiger partial charge in [-0.05, 0) is 36.8 Å². The van der Waals surface area contributed by atoms with Gasteiger partial charge in [0.2, 0.25) is 0 Å². The van der Waals surface area contributed by atoms with Crippen LogP contribution < -0.4 is 4.74 Å². The van der Waals surface area contributed by atoms with Gasteiger partial charge in [-0.1, -0.05) is 22.0 Å². The summed E-state index contributed by atoms with van der Waals surface area (Å²) in [5.41, 5.74) is -1.96. The Balaban J connectivity index is 1.76. The molecule has 0 radical (unpaired) electrons. The van der Waals surface area contributed by atoms with Gasteiger partial charge in [-0.3, -0.25) is 9.69 Å². The molecule has 34 heavy (non-hydrogen) atoms. The molecule has 1 aromatic heterocycles. The number of aromatic nitrogens is 3. The Hall–Kier alpha value is -2.89.